The van der Waals surface area contributed by atoms with Crippen molar-refractivity contribution in [2.75, 3.05) is 11.9 Å². The summed E-state index contributed by atoms with van der Waals surface area (Å²) in [5, 5.41) is 29.8. The normalized spacial score (nSPS) is 12.5. The molecule has 1 aromatic heterocycles. The molecule has 1 atom stereocenters. The van der Waals surface area contributed by atoms with Crippen molar-refractivity contribution in [2.45, 2.75) is 26.1 Å². The van der Waals surface area contributed by atoms with Gasteiger partial charge in [-0.1, -0.05) is 12.1 Å². The molecule has 0 radical (unpaired) electrons. The van der Waals surface area contributed by atoms with Crippen LogP contribution in [0.3, 0.4) is 0 Å². The zero-order valence-corrected chi connectivity index (χ0v) is 13.0. The Morgan fingerprint density at radius 2 is 2.00 bits per heavy atom. The molecule has 2 N–H and O–H groups in total. The maximum atomic E-state index is 12.7. The predicted molar refractivity (Wildman–Crippen MR) is 81.1 cm³/mol. The largest absolute Gasteiger partial charge is 0.416 e. The fraction of sp³-hybridized carbons (Fsp3) is 0.312. The lowest BCUT2D eigenvalue weighted by atomic mass is 10.1. The Balaban J connectivity index is 2.16. The number of benzene rings is 1. The monoisotopic (exact) mass is 336 g/mol. The van der Waals surface area contributed by atoms with Gasteiger partial charge in [0.25, 0.3) is 0 Å². The number of rotatable bonds is 4. The minimum absolute atomic E-state index is 0.104. The van der Waals surface area contributed by atoms with Gasteiger partial charge in [-0.3, -0.25) is 0 Å². The molecule has 126 valence electrons. The number of anilines is 1. The third kappa shape index (κ3) is 3.81. The lowest BCUT2D eigenvalue weighted by molar-refractivity contribution is -0.137. The van der Waals surface area contributed by atoms with Crippen LogP contribution in [0.25, 0.3) is 0 Å². The van der Waals surface area contributed by atoms with Gasteiger partial charge < -0.3 is 10.4 Å². The van der Waals surface area contributed by atoms with E-state index in [0.29, 0.717) is 16.8 Å². The topological polar surface area (TPSA) is 81.8 Å². The standard InChI is InChI=1S/C16H15F3N4O/c1-9-10(2)22-23-15(13(9)7-20)21-8-14(24)11-4-3-5-12(6-11)16(17,18)19/h3-6,14,24H,8H2,1-2H3,(H,21,23). The van der Waals surface area contributed by atoms with E-state index < -0.39 is 17.8 Å². The van der Waals surface area contributed by atoms with Gasteiger partial charge in [0, 0.05) is 6.54 Å². The average molecular weight is 336 g/mol. The summed E-state index contributed by atoms with van der Waals surface area (Å²) in [4.78, 5) is 0. The zero-order valence-electron chi connectivity index (χ0n) is 13.0. The van der Waals surface area contributed by atoms with Gasteiger partial charge in [0.2, 0.25) is 0 Å². The van der Waals surface area contributed by atoms with Crippen LogP contribution in [0.1, 0.15) is 34.1 Å². The highest BCUT2D eigenvalue weighted by Crippen LogP contribution is 2.30. The smallest absolute Gasteiger partial charge is 0.387 e. The van der Waals surface area contributed by atoms with E-state index in [1.807, 2.05) is 6.07 Å². The number of aromatic nitrogens is 2. The molecule has 0 saturated carbocycles. The summed E-state index contributed by atoms with van der Waals surface area (Å²) in [5.41, 5.74) is 0.841. The average Bonchev–Trinajstić information content (AvgIpc) is 2.55. The molecular formula is C16H15F3N4O. The van der Waals surface area contributed by atoms with Crippen LogP contribution in [0.2, 0.25) is 0 Å². The van der Waals surface area contributed by atoms with Crippen LogP contribution in [0.4, 0.5) is 19.0 Å². The maximum Gasteiger partial charge on any atom is 0.416 e. The summed E-state index contributed by atoms with van der Waals surface area (Å²) in [7, 11) is 0. The molecule has 2 aromatic rings. The number of nitrogens with one attached hydrogen (secondary N) is 1. The number of nitrogens with zero attached hydrogens (tertiary/aromatic N) is 3. The number of nitriles is 1. The SMILES string of the molecule is Cc1nnc(NCC(O)c2cccc(C(F)(F)F)c2)c(C#N)c1C. The van der Waals surface area contributed by atoms with Gasteiger partial charge in [-0.2, -0.15) is 23.5 Å². The van der Waals surface area contributed by atoms with Crippen LogP contribution in [0, 0.1) is 25.2 Å². The third-order valence-corrected chi connectivity index (χ3v) is 3.63. The first-order valence-corrected chi connectivity index (χ1v) is 7.07. The summed E-state index contributed by atoms with van der Waals surface area (Å²) >= 11 is 0. The third-order valence-electron chi connectivity index (χ3n) is 3.63. The maximum absolute atomic E-state index is 12.7. The number of aryl methyl sites for hydroxylation is 1. The van der Waals surface area contributed by atoms with Crippen molar-refractivity contribution in [2.24, 2.45) is 0 Å². The van der Waals surface area contributed by atoms with Crippen molar-refractivity contribution in [1.82, 2.24) is 10.2 Å². The Morgan fingerprint density at radius 1 is 1.29 bits per heavy atom. The molecule has 8 heteroatoms. The van der Waals surface area contributed by atoms with E-state index in [1.54, 1.807) is 13.8 Å². The molecule has 24 heavy (non-hydrogen) atoms. The van der Waals surface area contributed by atoms with E-state index in [1.165, 1.54) is 12.1 Å². The molecule has 0 spiro atoms. The van der Waals surface area contributed by atoms with E-state index in [-0.39, 0.29) is 17.9 Å². The molecule has 1 heterocycles. The number of hydrogen-bond donors (Lipinski definition) is 2. The molecule has 2 rings (SSSR count). The molecular weight excluding hydrogens is 321 g/mol. The van der Waals surface area contributed by atoms with Gasteiger partial charge in [0.1, 0.15) is 11.6 Å². The van der Waals surface area contributed by atoms with Gasteiger partial charge in [-0.25, -0.2) is 0 Å². The lowest BCUT2D eigenvalue weighted by Crippen LogP contribution is -2.16. The quantitative estimate of drug-likeness (QED) is 0.896. The molecule has 0 aliphatic carbocycles. The molecule has 0 fully saturated rings. The Hall–Kier alpha value is -2.66. The Labute approximate surface area is 136 Å². The second-order valence-corrected chi connectivity index (χ2v) is 5.27. The van der Waals surface area contributed by atoms with Crippen molar-refractivity contribution in [3.63, 3.8) is 0 Å². The first-order chi connectivity index (χ1) is 11.2. The number of aliphatic hydroxyl groups excluding tert-OH is 1. The van der Waals surface area contributed by atoms with Gasteiger partial charge >= 0.3 is 6.18 Å². The number of hydrogen-bond acceptors (Lipinski definition) is 5. The van der Waals surface area contributed by atoms with Gasteiger partial charge in [0.05, 0.1) is 17.4 Å². The Morgan fingerprint density at radius 3 is 2.62 bits per heavy atom. The van der Waals surface area contributed by atoms with Crippen molar-refractivity contribution < 1.29 is 18.3 Å². The second-order valence-electron chi connectivity index (χ2n) is 5.27. The zero-order chi connectivity index (χ0) is 17.9. The van der Waals surface area contributed by atoms with Crippen LogP contribution in [0.15, 0.2) is 24.3 Å². The fourth-order valence-corrected chi connectivity index (χ4v) is 2.10. The number of aliphatic hydroxyl groups is 1. The van der Waals surface area contributed by atoms with Gasteiger partial charge in [0.15, 0.2) is 5.82 Å². The molecule has 5 nitrogen and oxygen atoms in total. The van der Waals surface area contributed by atoms with E-state index >= 15 is 0 Å². The lowest BCUT2D eigenvalue weighted by Gasteiger charge is -2.15. The summed E-state index contributed by atoms with van der Waals surface area (Å²) in [5.74, 6) is 0.187. The van der Waals surface area contributed by atoms with E-state index in [0.717, 1.165) is 12.1 Å². The van der Waals surface area contributed by atoms with Crippen LogP contribution >= 0.6 is 0 Å². The second kappa shape index (κ2) is 6.84. The predicted octanol–water partition coefficient (Wildman–Crippen LogP) is 3.13. The highest BCUT2D eigenvalue weighted by atomic mass is 19.4. The minimum atomic E-state index is -4.48. The first kappa shape index (κ1) is 17.7. The molecule has 0 saturated heterocycles. The first-order valence-electron chi connectivity index (χ1n) is 7.07. The molecule has 0 aliphatic rings. The Bertz CT molecular complexity index is 784. The fourth-order valence-electron chi connectivity index (χ4n) is 2.10. The highest BCUT2D eigenvalue weighted by molar-refractivity contribution is 5.55. The van der Waals surface area contributed by atoms with Gasteiger partial charge in [-0.05, 0) is 37.1 Å². The van der Waals surface area contributed by atoms with E-state index in [9.17, 15) is 23.5 Å². The van der Waals surface area contributed by atoms with Gasteiger partial charge in [-0.15, -0.1) is 5.10 Å². The minimum Gasteiger partial charge on any atom is -0.387 e. The Kier molecular flexibility index (Phi) is 5.04. The van der Waals surface area contributed by atoms with Crippen molar-refractivity contribution in [3.05, 3.63) is 52.2 Å². The van der Waals surface area contributed by atoms with E-state index in [2.05, 4.69) is 15.5 Å². The van der Waals surface area contributed by atoms with Crippen molar-refractivity contribution in [3.8, 4) is 6.07 Å². The summed E-state index contributed by atoms with van der Waals surface area (Å²) in [6.07, 6.45) is -5.67. The highest BCUT2D eigenvalue weighted by Gasteiger charge is 2.30. The van der Waals surface area contributed by atoms with Crippen LogP contribution in [-0.4, -0.2) is 21.8 Å². The summed E-state index contributed by atoms with van der Waals surface area (Å²) in [6, 6.07) is 6.47. The molecule has 0 aliphatic heterocycles. The van der Waals surface area contributed by atoms with Crippen molar-refractivity contribution in [1.29, 1.82) is 5.26 Å². The molecule has 0 bridgehead atoms. The van der Waals surface area contributed by atoms with Crippen LogP contribution < -0.4 is 5.32 Å². The molecule has 0 amide bonds. The van der Waals surface area contributed by atoms with Crippen molar-refractivity contribution >= 4 is 5.82 Å². The molecule has 1 aromatic carbocycles. The summed E-state index contributed by atoms with van der Waals surface area (Å²) < 4.78 is 38.1. The number of halogens is 3. The summed E-state index contributed by atoms with van der Waals surface area (Å²) in [6.45, 7) is 3.33. The van der Waals surface area contributed by atoms with Crippen LogP contribution in [0.5, 0.6) is 0 Å². The number of alkyl halides is 3. The van der Waals surface area contributed by atoms with E-state index in [4.69, 9.17) is 0 Å². The van der Waals surface area contributed by atoms with Crippen LogP contribution in [-0.2, 0) is 6.18 Å². The molecule has 1 unspecified atom stereocenters.